The summed E-state index contributed by atoms with van der Waals surface area (Å²) in [6.07, 6.45) is 9.46. The second-order valence-corrected chi connectivity index (χ2v) is 22.4. The minimum absolute atomic E-state index is 0.0281. The second-order valence-electron chi connectivity index (χ2n) is 21.5. The van der Waals surface area contributed by atoms with Crippen LogP contribution in [-0.2, 0) is 52.8 Å². The molecule has 4 amide bonds. The number of likely N-dealkylation sites (tertiary alicyclic amines) is 1. The fourth-order valence-corrected chi connectivity index (χ4v) is 11.8. The molecule has 8 rings (SSSR count). The Morgan fingerprint density at radius 3 is 2.56 bits per heavy atom. The van der Waals surface area contributed by atoms with Crippen LogP contribution in [0.4, 0.5) is 0 Å². The summed E-state index contributed by atoms with van der Waals surface area (Å²) in [5.41, 5.74) is 8.98. The van der Waals surface area contributed by atoms with Gasteiger partial charge in [-0.3, -0.25) is 34.0 Å². The molecule has 1 aromatic carbocycles. The van der Waals surface area contributed by atoms with Crippen LogP contribution >= 0.6 is 11.3 Å². The smallest absolute Gasteiger partial charge is 0.324 e. The number of hydrazine groups is 1. The first kappa shape index (κ1) is 51.9. The largest absolute Gasteiger partial charge is 0.464 e. The molecule has 5 atom stereocenters. The van der Waals surface area contributed by atoms with Gasteiger partial charge in [-0.15, -0.1) is 11.3 Å². The zero-order chi connectivity index (χ0) is 50.9. The van der Waals surface area contributed by atoms with Crippen molar-refractivity contribution in [2.75, 3.05) is 54.5 Å². The van der Waals surface area contributed by atoms with Crippen LogP contribution in [0.15, 0.2) is 54.1 Å². The summed E-state index contributed by atoms with van der Waals surface area (Å²) in [5, 5.41) is 8.21. The summed E-state index contributed by atoms with van der Waals surface area (Å²) >= 11 is 1.42. The number of carbonyl (C=O) groups excluding carboxylic acids is 5. The maximum absolute atomic E-state index is 14.8. The predicted molar refractivity (Wildman–Crippen MR) is 275 cm³/mol. The number of amides is 4. The third-order valence-corrected chi connectivity index (χ3v) is 15.8. The molecule has 17 heteroatoms. The number of rotatable bonds is 12. The summed E-state index contributed by atoms with van der Waals surface area (Å²) in [6.45, 7) is 14.4. The first-order chi connectivity index (χ1) is 33.8. The summed E-state index contributed by atoms with van der Waals surface area (Å²) in [7, 11) is 7.27. The van der Waals surface area contributed by atoms with Crippen molar-refractivity contribution in [3.05, 3.63) is 70.3 Å². The molecule has 6 heterocycles. The third-order valence-electron chi connectivity index (χ3n) is 14.9. The molecule has 1 unspecified atom stereocenters. The molecule has 382 valence electrons. The van der Waals surface area contributed by atoms with Gasteiger partial charge < -0.3 is 34.1 Å². The molecule has 4 aliphatic rings. The number of hydrogen-bond donors (Lipinski definition) is 2. The van der Waals surface area contributed by atoms with Gasteiger partial charge in [0, 0.05) is 103 Å². The Hall–Kier alpha value is -5.49. The normalized spacial score (nSPS) is 22.2. The molecule has 1 saturated carbocycles. The lowest BCUT2D eigenvalue weighted by molar-refractivity contribution is -0.155. The lowest BCUT2D eigenvalue weighted by atomic mass is 9.84. The zero-order valence-corrected chi connectivity index (χ0v) is 44.1. The van der Waals surface area contributed by atoms with Gasteiger partial charge in [-0.1, -0.05) is 39.8 Å². The number of aromatic nitrogens is 3. The van der Waals surface area contributed by atoms with Gasteiger partial charge in [0.1, 0.15) is 18.1 Å². The number of likely N-dealkylation sites (N-methyl/N-ethyl adjacent to an activating group) is 2. The molecule has 4 aromatic rings. The van der Waals surface area contributed by atoms with Gasteiger partial charge in [-0.25, -0.2) is 10.4 Å². The van der Waals surface area contributed by atoms with E-state index in [0.29, 0.717) is 63.3 Å². The van der Waals surface area contributed by atoms with Crippen molar-refractivity contribution in [2.24, 2.45) is 17.3 Å². The zero-order valence-electron chi connectivity index (χ0n) is 43.2. The summed E-state index contributed by atoms with van der Waals surface area (Å²) in [6, 6.07) is 7.70. The van der Waals surface area contributed by atoms with E-state index in [4.69, 9.17) is 19.4 Å². The summed E-state index contributed by atoms with van der Waals surface area (Å²) in [5.74, 6) is -2.13. The standard InChI is InChI=1S/C54H73N9O7S/c1-11-61-43-19-18-35-27-38(43)39(48(61)37-15-12-23-55-46(37)34(4)69-10)30-53(5,6)32-70-52(68)40-16-13-25-63(58-40)51(67)41(28-44-56-42(35)31-71-44)57-49(65)47(33(2)3)60(9)50(66)36-20-26-62(54(29-36)21-22-54)45(64)17-14-24-59(7)8/h12,14-15,17-19,23,27,31,33-34,36,40-41,47,58H,11,13,16,20-22,24-26,28-30,32H2,1-10H3,(H,57,65)/b17-14+/t34-,36?,40-,41-,47-/m0/s1. The van der Waals surface area contributed by atoms with Crippen LogP contribution in [0.1, 0.15) is 102 Å². The minimum atomic E-state index is -1.07. The van der Waals surface area contributed by atoms with Crippen LogP contribution in [0.25, 0.3) is 33.4 Å². The number of aryl methyl sites for hydroxylation is 1. The van der Waals surface area contributed by atoms with E-state index in [1.807, 2.05) is 62.2 Å². The molecule has 2 N–H and O–H groups in total. The molecule has 3 aromatic heterocycles. The number of hydrogen-bond acceptors (Lipinski definition) is 12. The van der Waals surface area contributed by atoms with Crippen molar-refractivity contribution in [1.82, 2.24) is 45.0 Å². The van der Waals surface area contributed by atoms with Crippen molar-refractivity contribution < 1.29 is 33.4 Å². The number of esters is 1. The van der Waals surface area contributed by atoms with E-state index in [-0.39, 0.29) is 48.3 Å². The van der Waals surface area contributed by atoms with Gasteiger partial charge in [-0.05, 0) is 109 Å². The highest BCUT2D eigenvalue weighted by molar-refractivity contribution is 7.10. The Balaban J connectivity index is 1.10. The number of thiazole rings is 1. The lowest BCUT2D eigenvalue weighted by Gasteiger charge is -2.41. The highest BCUT2D eigenvalue weighted by Crippen LogP contribution is 2.50. The van der Waals surface area contributed by atoms with E-state index in [1.165, 1.54) is 16.3 Å². The van der Waals surface area contributed by atoms with Gasteiger partial charge in [0.15, 0.2) is 0 Å². The van der Waals surface area contributed by atoms with Crippen molar-refractivity contribution in [1.29, 1.82) is 0 Å². The molecule has 0 radical (unpaired) electrons. The molecule has 6 bridgehead atoms. The number of carbonyl (C=O) groups is 5. The molecule has 3 fully saturated rings. The number of ether oxygens (including phenoxy) is 2. The molecular formula is C54H73N9O7S. The van der Waals surface area contributed by atoms with Gasteiger partial charge in [-0.2, -0.15) is 0 Å². The van der Waals surface area contributed by atoms with E-state index < -0.39 is 41.3 Å². The molecule has 1 aliphatic carbocycles. The SMILES string of the molecule is CCn1c(-c2cccnc2[C@H](C)OC)c2c3cc(ccc31)-c1csc(n1)C[C@H](NC(=O)[C@H](C(C)C)N(C)C(=O)C1CCN(C(=O)/C=C/CN(C)C)C3(CC3)C1)C(=O)N1CCC[C@H](N1)C(=O)OCC(C)(C)C2. The molecular weight excluding hydrogens is 919 g/mol. The molecule has 71 heavy (non-hydrogen) atoms. The molecule has 3 aliphatic heterocycles. The Morgan fingerprint density at radius 2 is 1.86 bits per heavy atom. The van der Waals surface area contributed by atoms with Crippen LogP contribution in [-0.4, -0.2) is 142 Å². The maximum Gasteiger partial charge on any atom is 0.324 e. The van der Waals surface area contributed by atoms with E-state index in [0.717, 1.165) is 57.5 Å². The van der Waals surface area contributed by atoms with E-state index in [1.54, 1.807) is 31.3 Å². The summed E-state index contributed by atoms with van der Waals surface area (Å²) in [4.78, 5) is 86.6. The number of nitrogens with zero attached hydrogens (tertiary/aromatic N) is 7. The quantitative estimate of drug-likeness (QED) is 0.116. The third kappa shape index (κ3) is 11.0. The van der Waals surface area contributed by atoms with Crippen molar-refractivity contribution in [3.63, 3.8) is 0 Å². The molecule has 1 spiro atoms. The van der Waals surface area contributed by atoms with Gasteiger partial charge in [0.05, 0.1) is 34.8 Å². The number of methoxy groups -OCH3 is 1. The van der Waals surface area contributed by atoms with Crippen LogP contribution in [0.5, 0.6) is 0 Å². The van der Waals surface area contributed by atoms with E-state index in [2.05, 4.69) is 60.3 Å². The average Bonchev–Trinajstić information content (AvgIpc) is 3.81. The van der Waals surface area contributed by atoms with Crippen LogP contribution in [0, 0.1) is 17.3 Å². The number of fused-ring (bicyclic) bond motifs is 6. The first-order valence-electron chi connectivity index (χ1n) is 25.4. The van der Waals surface area contributed by atoms with Gasteiger partial charge in [0.2, 0.25) is 17.7 Å². The lowest BCUT2D eigenvalue weighted by Crippen LogP contribution is -2.62. The number of piperidine rings is 1. The molecule has 16 nitrogen and oxygen atoms in total. The Labute approximate surface area is 422 Å². The topological polar surface area (TPSA) is 172 Å². The van der Waals surface area contributed by atoms with E-state index >= 15 is 0 Å². The highest BCUT2D eigenvalue weighted by atomic mass is 32.1. The van der Waals surface area contributed by atoms with Crippen LogP contribution in [0.2, 0.25) is 0 Å². The maximum atomic E-state index is 14.8. The monoisotopic (exact) mass is 992 g/mol. The fourth-order valence-electron chi connectivity index (χ4n) is 11.0. The number of nitrogens with one attached hydrogen (secondary N) is 2. The predicted octanol–water partition coefficient (Wildman–Crippen LogP) is 6.57. The Kier molecular flexibility index (Phi) is 15.6. The van der Waals surface area contributed by atoms with Crippen LogP contribution < -0.4 is 10.7 Å². The van der Waals surface area contributed by atoms with Crippen molar-refractivity contribution in [3.8, 4) is 22.5 Å². The average molecular weight is 992 g/mol. The Bertz CT molecular complexity index is 2670. The van der Waals surface area contributed by atoms with Crippen LogP contribution in [0.3, 0.4) is 0 Å². The number of benzene rings is 1. The van der Waals surface area contributed by atoms with Crippen molar-refractivity contribution in [2.45, 2.75) is 129 Å². The first-order valence-corrected chi connectivity index (χ1v) is 26.2. The highest BCUT2D eigenvalue weighted by Gasteiger charge is 2.54. The van der Waals surface area contributed by atoms with Gasteiger partial charge >= 0.3 is 5.97 Å². The van der Waals surface area contributed by atoms with E-state index in [9.17, 15) is 24.0 Å². The number of pyridine rings is 1. The minimum Gasteiger partial charge on any atom is -0.464 e. The van der Waals surface area contributed by atoms with Gasteiger partial charge in [0.25, 0.3) is 5.91 Å². The summed E-state index contributed by atoms with van der Waals surface area (Å²) < 4.78 is 14.3. The molecule has 2 saturated heterocycles. The fraction of sp³-hybridized carbons (Fsp3) is 0.574. The Morgan fingerprint density at radius 1 is 1.08 bits per heavy atom. The number of cyclic esters (lactones) is 1. The second kappa shape index (κ2) is 21.3. The van der Waals surface area contributed by atoms with Crippen molar-refractivity contribution >= 4 is 51.8 Å².